The van der Waals surface area contributed by atoms with Crippen LogP contribution in [-0.4, -0.2) is 5.11 Å². The average molecular weight is 501 g/mol. The molecule has 5 aromatic rings. The van der Waals surface area contributed by atoms with Gasteiger partial charge in [0.15, 0.2) is 0 Å². The zero-order valence-corrected chi connectivity index (χ0v) is 22.9. The zero-order valence-electron chi connectivity index (χ0n) is 22.9. The molecule has 38 heavy (non-hydrogen) atoms. The van der Waals surface area contributed by atoms with Gasteiger partial charge >= 0.3 is 0 Å². The van der Waals surface area contributed by atoms with Crippen molar-refractivity contribution in [1.82, 2.24) is 0 Å². The SMILES string of the molecule is CC.CC.Cc1ccc(-c2cc(C#N)cc(-c3ccc(-c4ccc(C(N)O)cc4)c4ccccc34)c2)cc1. The van der Waals surface area contributed by atoms with Crippen molar-refractivity contribution in [2.45, 2.75) is 40.8 Å². The maximum absolute atomic E-state index is 9.72. The normalized spacial score (nSPS) is 10.9. The molecule has 5 aromatic carbocycles. The summed E-state index contributed by atoms with van der Waals surface area (Å²) < 4.78 is 0. The van der Waals surface area contributed by atoms with Gasteiger partial charge in [0.25, 0.3) is 0 Å². The van der Waals surface area contributed by atoms with Crippen molar-refractivity contribution in [3.63, 3.8) is 0 Å². The molecule has 5 rings (SSSR count). The van der Waals surface area contributed by atoms with Crippen molar-refractivity contribution < 1.29 is 5.11 Å². The summed E-state index contributed by atoms with van der Waals surface area (Å²) in [5, 5.41) is 21.6. The highest BCUT2D eigenvalue weighted by atomic mass is 16.3. The van der Waals surface area contributed by atoms with Crippen LogP contribution in [0.3, 0.4) is 0 Å². The van der Waals surface area contributed by atoms with Gasteiger partial charge in [-0.15, -0.1) is 0 Å². The molecule has 0 amide bonds. The third-order valence-electron chi connectivity index (χ3n) is 6.25. The monoisotopic (exact) mass is 500 g/mol. The maximum atomic E-state index is 9.72. The minimum absolute atomic E-state index is 0.636. The second-order valence-electron chi connectivity index (χ2n) is 8.55. The Labute approximate surface area is 226 Å². The van der Waals surface area contributed by atoms with Crippen molar-refractivity contribution >= 4 is 10.8 Å². The Morgan fingerprint density at radius 2 is 1.13 bits per heavy atom. The summed E-state index contributed by atoms with van der Waals surface area (Å²) in [6.07, 6.45) is -0.983. The molecule has 0 fully saturated rings. The van der Waals surface area contributed by atoms with E-state index in [0.717, 1.165) is 44.2 Å². The van der Waals surface area contributed by atoms with Crippen LogP contribution in [0.25, 0.3) is 44.2 Å². The Morgan fingerprint density at radius 1 is 0.632 bits per heavy atom. The average Bonchev–Trinajstić information content (AvgIpc) is 2.99. The molecule has 0 radical (unpaired) electrons. The number of benzene rings is 5. The van der Waals surface area contributed by atoms with Gasteiger partial charge in [0.05, 0.1) is 11.6 Å². The van der Waals surface area contributed by atoms with Gasteiger partial charge in [-0.1, -0.05) is 118 Å². The number of rotatable bonds is 4. The molecule has 3 nitrogen and oxygen atoms in total. The summed E-state index contributed by atoms with van der Waals surface area (Å²) in [6.45, 7) is 10.1. The van der Waals surface area contributed by atoms with Crippen LogP contribution in [0.1, 0.15) is 50.6 Å². The molecule has 0 aliphatic carbocycles. The molecule has 0 bridgehead atoms. The lowest BCUT2D eigenvalue weighted by Crippen LogP contribution is -2.07. The fraction of sp³-hybridized carbons (Fsp3) is 0.171. The van der Waals surface area contributed by atoms with Gasteiger partial charge < -0.3 is 10.8 Å². The maximum Gasteiger partial charge on any atom is 0.128 e. The minimum atomic E-state index is -0.983. The molecule has 0 aliphatic rings. The van der Waals surface area contributed by atoms with E-state index in [1.807, 2.05) is 76.2 Å². The molecule has 0 heterocycles. The van der Waals surface area contributed by atoms with Crippen LogP contribution in [0.2, 0.25) is 0 Å². The summed E-state index contributed by atoms with van der Waals surface area (Å²) in [6, 6.07) is 37.0. The first-order chi connectivity index (χ1) is 18.5. The van der Waals surface area contributed by atoms with E-state index in [4.69, 9.17) is 5.73 Å². The molecule has 1 atom stereocenters. The number of nitrogens with two attached hydrogens (primary N) is 1. The first kappa shape index (κ1) is 28.3. The largest absolute Gasteiger partial charge is 0.375 e. The highest BCUT2D eigenvalue weighted by molar-refractivity contribution is 6.05. The lowest BCUT2D eigenvalue weighted by atomic mass is 9.90. The molecule has 0 aliphatic heterocycles. The molecule has 0 saturated heterocycles. The van der Waals surface area contributed by atoms with Crippen molar-refractivity contribution in [2.75, 3.05) is 0 Å². The molecule has 0 saturated carbocycles. The van der Waals surface area contributed by atoms with Crippen LogP contribution in [0.4, 0.5) is 0 Å². The van der Waals surface area contributed by atoms with E-state index >= 15 is 0 Å². The Balaban J connectivity index is 0.000000956. The van der Waals surface area contributed by atoms with Crippen LogP contribution in [0.15, 0.2) is 103 Å². The van der Waals surface area contributed by atoms with Gasteiger partial charge in [-0.2, -0.15) is 5.26 Å². The smallest absolute Gasteiger partial charge is 0.128 e. The van der Waals surface area contributed by atoms with Crippen molar-refractivity contribution in [1.29, 1.82) is 5.26 Å². The number of nitriles is 1. The number of hydrogen-bond donors (Lipinski definition) is 2. The third-order valence-corrected chi connectivity index (χ3v) is 6.25. The Bertz CT molecular complexity index is 1530. The number of aliphatic hydroxyl groups is 1. The topological polar surface area (TPSA) is 70.0 Å². The predicted octanol–water partition coefficient (Wildman–Crippen LogP) is 9.02. The second kappa shape index (κ2) is 13.4. The predicted molar refractivity (Wildman–Crippen MR) is 162 cm³/mol. The molecular formula is C35H36N2O. The summed E-state index contributed by atoms with van der Waals surface area (Å²) in [5.74, 6) is 0. The number of fused-ring (bicyclic) bond motifs is 1. The molecule has 0 spiro atoms. The van der Waals surface area contributed by atoms with E-state index in [1.165, 1.54) is 5.56 Å². The highest BCUT2D eigenvalue weighted by Gasteiger charge is 2.12. The van der Waals surface area contributed by atoms with Crippen molar-refractivity contribution in [3.05, 3.63) is 120 Å². The molecule has 0 aromatic heterocycles. The van der Waals surface area contributed by atoms with Gasteiger partial charge in [0.2, 0.25) is 0 Å². The number of aryl methyl sites for hydroxylation is 1. The van der Waals surface area contributed by atoms with E-state index in [1.54, 1.807) is 0 Å². The second-order valence-corrected chi connectivity index (χ2v) is 8.55. The van der Waals surface area contributed by atoms with Crippen LogP contribution in [0.5, 0.6) is 0 Å². The molecule has 3 N–H and O–H groups in total. The summed E-state index contributed by atoms with van der Waals surface area (Å²) in [5.41, 5.74) is 14.5. The molecular weight excluding hydrogens is 464 g/mol. The van der Waals surface area contributed by atoms with Crippen LogP contribution >= 0.6 is 0 Å². The van der Waals surface area contributed by atoms with E-state index in [2.05, 4.69) is 67.6 Å². The Hall–Kier alpha value is -4.23. The van der Waals surface area contributed by atoms with Crippen LogP contribution in [-0.2, 0) is 0 Å². The lowest BCUT2D eigenvalue weighted by Gasteiger charge is -2.14. The van der Waals surface area contributed by atoms with Gasteiger partial charge in [0.1, 0.15) is 6.23 Å². The molecule has 1 unspecified atom stereocenters. The van der Waals surface area contributed by atoms with Gasteiger partial charge in [0, 0.05) is 0 Å². The first-order valence-corrected chi connectivity index (χ1v) is 13.2. The Kier molecular flexibility index (Phi) is 9.96. The molecule has 192 valence electrons. The lowest BCUT2D eigenvalue weighted by molar-refractivity contribution is 0.186. The zero-order chi connectivity index (χ0) is 27.7. The fourth-order valence-electron chi connectivity index (χ4n) is 4.42. The minimum Gasteiger partial charge on any atom is -0.375 e. The van der Waals surface area contributed by atoms with Crippen molar-refractivity contribution in [2.24, 2.45) is 5.73 Å². The highest BCUT2D eigenvalue weighted by Crippen LogP contribution is 2.37. The summed E-state index contributed by atoms with van der Waals surface area (Å²) in [4.78, 5) is 0. The third kappa shape index (κ3) is 6.18. The van der Waals surface area contributed by atoms with Gasteiger partial charge in [-0.05, 0) is 74.8 Å². The number of nitrogens with zero attached hydrogens (tertiary/aromatic N) is 1. The standard InChI is InChI=1S/C31H24N2O.2C2H6/c1-20-6-8-22(9-7-20)25-16-21(19-32)17-26(18-25)28-15-14-27(29-4-2-3-5-30(28)29)23-10-12-24(13-11-23)31(33)34;2*1-2/h2-18,31,34H,33H2,1H3;2*1-2H3. The summed E-state index contributed by atoms with van der Waals surface area (Å²) in [7, 11) is 0. The van der Waals surface area contributed by atoms with Gasteiger partial charge in [-0.25, -0.2) is 0 Å². The van der Waals surface area contributed by atoms with E-state index in [-0.39, 0.29) is 0 Å². The van der Waals surface area contributed by atoms with Gasteiger partial charge in [-0.3, -0.25) is 0 Å². The fourth-order valence-corrected chi connectivity index (χ4v) is 4.42. The number of hydrogen-bond acceptors (Lipinski definition) is 3. The molecule has 3 heteroatoms. The quantitative estimate of drug-likeness (QED) is 0.242. The Morgan fingerprint density at radius 3 is 1.66 bits per heavy atom. The van der Waals surface area contributed by atoms with Crippen LogP contribution < -0.4 is 5.73 Å². The van der Waals surface area contributed by atoms with Crippen molar-refractivity contribution in [3.8, 4) is 39.4 Å². The van der Waals surface area contributed by atoms with Crippen LogP contribution in [0, 0.1) is 18.3 Å². The van der Waals surface area contributed by atoms with E-state index < -0.39 is 6.23 Å². The van der Waals surface area contributed by atoms with E-state index in [9.17, 15) is 10.4 Å². The van der Waals surface area contributed by atoms with E-state index in [0.29, 0.717) is 11.1 Å². The first-order valence-electron chi connectivity index (χ1n) is 13.2. The summed E-state index contributed by atoms with van der Waals surface area (Å²) >= 11 is 0. The number of aliphatic hydroxyl groups excluding tert-OH is 1.